The number of hydrogen-bond donors (Lipinski definition) is 1. The van der Waals surface area contributed by atoms with Crippen LogP contribution in [-0.2, 0) is 6.54 Å². The fourth-order valence-corrected chi connectivity index (χ4v) is 3.90. The lowest BCUT2D eigenvalue weighted by atomic mass is 10.1. The SMILES string of the molecule is CCCCN(CCO)Cc1cnc(C2CCCC2)s1. The van der Waals surface area contributed by atoms with Crippen LogP contribution in [0.15, 0.2) is 6.20 Å². The Bertz CT molecular complexity index is 361. The zero-order valence-corrected chi connectivity index (χ0v) is 12.8. The molecule has 1 fully saturated rings. The van der Waals surface area contributed by atoms with E-state index in [1.54, 1.807) is 0 Å². The molecule has 1 aromatic rings. The Morgan fingerprint density at radius 2 is 2.16 bits per heavy atom. The summed E-state index contributed by atoms with van der Waals surface area (Å²) in [6, 6.07) is 0. The fourth-order valence-electron chi connectivity index (χ4n) is 2.77. The van der Waals surface area contributed by atoms with Gasteiger partial charge in [-0.25, -0.2) is 4.98 Å². The van der Waals surface area contributed by atoms with Crippen LogP contribution in [0.5, 0.6) is 0 Å². The van der Waals surface area contributed by atoms with Crippen molar-refractivity contribution in [3.05, 3.63) is 16.1 Å². The molecule has 4 heteroatoms. The molecule has 1 aromatic heterocycles. The molecule has 0 atom stereocenters. The summed E-state index contributed by atoms with van der Waals surface area (Å²) in [4.78, 5) is 8.32. The molecular weight excluding hydrogens is 256 g/mol. The third kappa shape index (κ3) is 4.55. The van der Waals surface area contributed by atoms with E-state index in [2.05, 4.69) is 23.0 Å². The van der Waals surface area contributed by atoms with Gasteiger partial charge in [-0.15, -0.1) is 11.3 Å². The third-order valence-electron chi connectivity index (χ3n) is 3.90. The first-order valence-corrected chi connectivity index (χ1v) is 8.43. The Balaban J connectivity index is 1.89. The Hall–Kier alpha value is -0.450. The van der Waals surface area contributed by atoms with Crippen molar-refractivity contribution >= 4 is 11.3 Å². The average Bonchev–Trinajstić information content (AvgIpc) is 3.06. The van der Waals surface area contributed by atoms with Gasteiger partial charge in [-0.05, 0) is 25.8 Å². The molecule has 0 bridgehead atoms. The number of hydrogen-bond acceptors (Lipinski definition) is 4. The third-order valence-corrected chi connectivity index (χ3v) is 5.04. The van der Waals surface area contributed by atoms with E-state index in [0.717, 1.165) is 25.6 Å². The Morgan fingerprint density at radius 1 is 1.37 bits per heavy atom. The normalized spacial score (nSPS) is 16.6. The van der Waals surface area contributed by atoms with Gasteiger partial charge in [-0.2, -0.15) is 0 Å². The summed E-state index contributed by atoms with van der Waals surface area (Å²) in [6.07, 6.45) is 9.84. The summed E-state index contributed by atoms with van der Waals surface area (Å²) >= 11 is 1.88. The van der Waals surface area contributed by atoms with Crippen LogP contribution in [0.25, 0.3) is 0 Å². The lowest BCUT2D eigenvalue weighted by Crippen LogP contribution is -2.27. The van der Waals surface area contributed by atoms with Crippen molar-refractivity contribution in [2.24, 2.45) is 0 Å². The molecule has 2 rings (SSSR count). The van der Waals surface area contributed by atoms with E-state index in [1.165, 1.54) is 48.4 Å². The van der Waals surface area contributed by atoms with Crippen LogP contribution in [0.4, 0.5) is 0 Å². The number of thiazole rings is 1. The van der Waals surface area contributed by atoms with E-state index in [4.69, 9.17) is 5.11 Å². The van der Waals surface area contributed by atoms with Crippen LogP contribution in [0.2, 0.25) is 0 Å². The molecule has 1 N–H and O–H groups in total. The monoisotopic (exact) mass is 282 g/mol. The molecule has 0 saturated heterocycles. The minimum Gasteiger partial charge on any atom is -0.395 e. The quantitative estimate of drug-likeness (QED) is 0.794. The van der Waals surface area contributed by atoms with Crippen molar-refractivity contribution in [3.63, 3.8) is 0 Å². The highest BCUT2D eigenvalue weighted by Gasteiger charge is 2.20. The van der Waals surface area contributed by atoms with E-state index >= 15 is 0 Å². The van der Waals surface area contributed by atoms with E-state index in [9.17, 15) is 0 Å². The molecule has 3 nitrogen and oxygen atoms in total. The van der Waals surface area contributed by atoms with Crippen molar-refractivity contribution < 1.29 is 5.11 Å². The van der Waals surface area contributed by atoms with E-state index in [0.29, 0.717) is 0 Å². The predicted molar refractivity (Wildman–Crippen MR) is 80.6 cm³/mol. The van der Waals surface area contributed by atoms with Crippen molar-refractivity contribution in [1.82, 2.24) is 9.88 Å². The highest BCUT2D eigenvalue weighted by Crippen LogP contribution is 2.36. The maximum atomic E-state index is 9.14. The van der Waals surface area contributed by atoms with E-state index in [-0.39, 0.29) is 6.61 Å². The number of aliphatic hydroxyl groups excluding tert-OH is 1. The Labute approximate surface area is 120 Å². The van der Waals surface area contributed by atoms with Gasteiger partial charge in [0.15, 0.2) is 0 Å². The zero-order chi connectivity index (χ0) is 13.5. The molecule has 0 spiro atoms. The standard InChI is InChI=1S/C15H26N2OS/c1-2-3-8-17(9-10-18)12-14-11-16-15(19-14)13-6-4-5-7-13/h11,13,18H,2-10,12H2,1H3. The summed E-state index contributed by atoms with van der Waals surface area (Å²) in [7, 11) is 0. The number of nitrogens with zero attached hydrogens (tertiary/aromatic N) is 2. The average molecular weight is 282 g/mol. The summed E-state index contributed by atoms with van der Waals surface area (Å²) < 4.78 is 0. The van der Waals surface area contributed by atoms with Gasteiger partial charge in [0.05, 0.1) is 11.6 Å². The van der Waals surface area contributed by atoms with Crippen molar-refractivity contribution in [3.8, 4) is 0 Å². The van der Waals surface area contributed by atoms with Crippen LogP contribution >= 0.6 is 11.3 Å². The maximum Gasteiger partial charge on any atom is 0.0959 e. The first-order valence-electron chi connectivity index (χ1n) is 7.61. The number of unbranched alkanes of at least 4 members (excludes halogenated alkanes) is 1. The highest BCUT2D eigenvalue weighted by molar-refractivity contribution is 7.11. The van der Waals surface area contributed by atoms with Crippen LogP contribution in [0.1, 0.15) is 61.3 Å². The molecule has 1 aliphatic carbocycles. The summed E-state index contributed by atoms with van der Waals surface area (Å²) in [5.74, 6) is 0.723. The minimum absolute atomic E-state index is 0.248. The topological polar surface area (TPSA) is 36.4 Å². The molecule has 108 valence electrons. The first-order chi connectivity index (χ1) is 9.33. The molecule has 0 radical (unpaired) electrons. The highest BCUT2D eigenvalue weighted by atomic mass is 32.1. The van der Waals surface area contributed by atoms with Crippen LogP contribution in [0, 0.1) is 0 Å². The van der Waals surface area contributed by atoms with Crippen molar-refractivity contribution in [2.45, 2.75) is 57.9 Å². The van der Waals surface area contributed by atoms with Crippen LogP contribution in [-0.4, -0.2) is 34.7 Å². The Morgan fingerprint density at radius 3 is 2.84 bits per heavy atom. The lowest BCUT2D eigenvalue weighted by molar-refractivity contribution is 0.189. The predicted octanol–water partition coefficient (Wildman–Crippen LogP) is 3.40. The summed E-state index contributed by atoms with van der Waals surface area (Å²) in [5.41, 5.74) is 0. The Kier molecular flexibility index (Phi) is 6.28. The number of rotatable bonds is 8. The second kappa shape index (κ2) is 7.98. The van der Waals surface area contributed by atoms with Crippen molar-refractivity contribution in [1.29, 1.82) is 0 Å². The lowest BCUT2D eigenvalue weighted by Gasteiger charge is -2.19. The van der Waals surface area contributed by atoms with Gasteiger partial charge in [0, 0.05) is 30.1 Å². The smallest absolute Gasteiger partial charge is 0.0959 e. The van der Waals surface area contributed by atoms with Gasteiger partial charge in [0.2, 0.25) is 0 Å². The molecule has 1 saturated carbocycles. The summed E-state index contributed by atoms with van der Waals surface area (Å²) in [6.45, 7) is 5.26. The molecule has 1 aliphatic rings. The molecule has 0 amide bonds. The van der Waals surface area contributed by atoms with E-state index < -0.39 is 0 Å². The summed E-state index contributed by atoms with van der Waals surface area (Å²) in [5, 5.41) is 10.5. The zero-order valence-electron chi connectivity index (χ0n) is 12.0. The van der Waals surface area contributed by atoms with Gasteiger partial charge in [-0.1, -0.05) is 26.2 Å². The molecule has 1 heterocycles. The van der Waals surface area contributed by atoms with E-state index in [1.807, 2.05) is 11.3 Å². The first kappa shape index (κ1) is 14.9. The second-order valence-electron chi connectivity index (χ2n) is 5.50. The van der Waals surface area contributed by atoms with Crippen LogP contribution < -0.4 is 0 Å². The number of aliphatic hydroxyl groups is 1. The molecule has 0 aliphatic heterocycles. The molecular formula is C15H26N2OS. The van der Waals surface area contributed by atoms with Crippen molar-refractivity contribution in [2.75, 3.05) is 19.7 Å². The molecule has 0 unspecified atom stereocenters. The van der Waals surface area contributed by atoms with Gasteiger partial charge in [0.1, 0.15) is 0 Å². The van der Waals surface area contributed by atoms with Gasteiger partial charge in [-0.3, -0.25) is 4.90 Å². The minimum atomic E-state index is 0.248. The molecule has 19 heavy (non-hydrogen) atoms. The second-order valence-corrected chi connectivity index (χ2v) is 6.65. The van der Waals surface area contributed by atoms with Gasteiger partial charge >= 0.3 is 0 Å². The fraction of sp³-hybridized carbons (Fsp3) is 0.800. The molecule has 0 aromatic carbocycles. The number of aromatic nitrogens is 1. The van der Waals surface area contributed by atoms with Gasteiger partial charge < -0.3 is 5.11 Å². The van der Waals surface area contributed by atoms with Crippen LogP contribution in [0.3, 0.4) is 0 Å². The maximum absolute atomic E-state index is 9.14. The largest absolute Gasteiger partial charge is 0.395 e. The van der Waals surface area contributed by atoms with Gasteiger partial charge in [0.25, 0.3) is 0 Å².